The Hall–Kier alpha value is -1.47. The van der Waals surface area contributed by atoms with Crippen LogP contribution in [0.25, 0.3) is 0 Å². The molecule has 2 aliphatic heterocycles. The molecular formula is C16H18N4OS2. The molecule has 0 N–H and O–H groups in total. The molecule has 0 fully saturated rings. The van der Waals surface area contributed by atoms with Gasteiger partial charge in [0, 0.05) is 25.5 Å². The number of fused-ring (bicyclic) bond motifs is 2. The van der Waals surface area contributed by atoms with Crippen LogP contribution in [0.4, 0.5) is 0 Å². The van der Waals surface area contributed by atoms with Crippen molar-refractivity contribution in [3.8, 4) is 0 Å². The minimum absolute atomic E-state index is 0.130. The van der Waals surface area contributed by atoms with Crippen LogP contribution in [0.5, 0.6) is 0 Å². The average Bonchev–Trinajstić information content (AvgIpc) is 3.17. The van der Waals surface area contributed by atoms with Crippen molar-refractivity contribution in [1.29, 1.82) is 0 Å². The second kappa shape index (κ2) is 6.20. The van der Waals surface area contributed by atoms with E-state index >= 15 is 0 Å². The van der Waals surface area contributed by atoms with Crippen LogP contribution in [-0.2, 0) is 11.3 Å². The zero-order valence-electron chi connectivity index (χ0n) is 12.8. The average molecular weight is 346 g/mol. The van der Waals surface area contributed by atoms with Crippen molar-refractivity contribution in [2.45, 2.75) is 38.6 Å². The van der Waals surface area contributed by atoms with Gasteiger partial charge in [-0.25, -0.2) is 9.98 Å². The van der Waals surface area contributed by atoms with Gasteiger partial charge in [0.15, 0.2) is 0 Å². The molecule has 0 radical (unpaired) electrons. The zero-order chi connectivity index (χ0) is 15.8. The molecule has 1 atom stereocenters. The van der Waals surface area contributed by atoms with Gasteiger partial charge in [-0.2, -0.15) is 0 Å². The summed E-state index contributed by atoms with van der Waals surface area (Å²) in [5, 5.41) is 1.34. The first-order chi connectivity index (χ1) is 11.2. The normalized spacial score (nSPS) is 23.9. The Morgan fingerprint density at radius 3 is 3.00 bits per heavy atom. The van der Waals surface area contributed by atoms with Crippen molar-refractivity contribution in [1.82, 2.24) is 14.5 Å². The predicted molar refractivity (Wildman–Crippen MR) is 95.2 cm³/mol. The second-order valence-electron chi connectivity index (χ2n) is 6.07. The lowest BCUT2D eigenvalue weighted by molar-refractivity contribution is -0.128. The van der Waals surface area contributed by atoms with E-state index in [2.05, 4.69) is 9.98 Å². The molecule has 1 unspecified atom stereocenters. The van der Waals surface area contributed by atoms with E-state index in [0.29, 0.717) is 11.7 Å². The van der Waals surface area contributed by atoms with Gasteiger partial charge in [0.2, 0.25) is 11.0 Å². The maximum Gasteiger partial charge on any atom is 0.242 e. The van der Waals surface area contributed by atoms with Gasteiger partial charge in [-0.1, -0.05) is 11.8 Å². The highest BCUT2D eigenvalue weighted by Gasteiger charge is 2.43. The molecule has 0 spiro atoms. The van der Waals surface area contributed by atoms with E-state index in [1.54, 1.807) is 29.2 Å². The van der Waals surface area contributed by atoms with Crippen molar-refractivity contribution in [3.63, 3.8) is 0 Å². The Morgan fingerprint density at radius 2 is 2.17 bits per heavy atom. The number of amides is 1. The molecule has 5 nitrogen and oxygen atoms in total. The number of nitrogens with zero attached hydrogens (tertiary/aromatic N) is 4. The molecular weight excluding hydrogens is 328 g/mol. The first-order valence-corrected chi connectivity index (χ1v) is 9.26. The van der Waals surface area contributed by atoms with E-state index < -0.39 is 0 Å². The zero-order valence-corrected chi connectivity index (χ0v) is 14.4. The summed E-state index contributed by atoms with van der Waals surface area (Å²) in [6.45, 7) is 1.45. The number of hydrogen-bond acceptors (Lipinski definition) is 4. The number of aryl methyl sites for hydroxylation is 1. The number of aliphatic imine (C=N–C) groups is 1. The number of thiocarbonyl (C=S) groups is 1. The van der Waals surface area contributed by atoms with Crippen LogP contribution in [0.15, 0.2) is 34.2 Å². The van der Waals surface area contributed by atoms with Gasteiger partial charge in [0.25, 0.3) is 0 Å². The topological polar surface area (TPSA) is 50.5 Å². The maximum atomic E-state index is 13.0. The highest BCUT2D eigenvalue weighted by molar-refractivity contribution is 8.17. The number of aromatic nitrogens is 2. The van der Waals surface area contributed by atoms with E-state index in [1.807, 2.05) is 10.8 Å². The van der Waals surface area contributed by atoms with Gasteiger partial charge in [0.1, 0.15) is 5.92 Å². The fourth-order valence-electron chi connectivity index (χ4n) is 3.44. The Balaban J connectivity index is 1.48. The lowest BCUT2D eigenvalue weighted by Crippen LogP contribution is -2.46. The third-order valence-electron chi connectivity index (χ3n) is 4.59. The van der Waals surface area contributed by atoms with Gasteiger partial charge in [-0.15, -0.1) is 0 Å². The standard InChI is InChI=1S/C16H18N4OS2/c21-15-13-11-4-1-2-5-12(11)23-14(13)18-16(22)20(15)8-3-7-19-9-6-17-10-19/h6,9-10,13H,1-5,7-8H2. The number of imidazole rings is 1. The molecule has 1 aliphatic carbocycles. The van der Waals surface area contributed by atoms with Gasteiger partial charge in [-0.3, -0.25) is 9.69 Å². The van der Waals surface area contributed by atoms with E-state index in [0.717, 1.165) is 30.9 Å². The molecule has 1 aromatic heterocycles. The molecule has 0 aromatic carbocycles. The third kappa shape index (κ3) is 2.76. The van der Waals surface area contributed by atoms with Crippen LogP contribution in [0.3, 0.4) is 0 Å². The van der Waals surface area contributed by atoms with Gasteiger partial charge in [0.05, 0.1) is 11.4 Å². The number of carbonyl (C=O) groups is 1. The highest BCUT2D eigenvalue weighted by Crippen LogP contribution is 2.47. The first-order valence-electron chi connectivity index (χ1n) is 8.03. The lowest BCUT2D eigenvalue weighted by Gasteiger charge is -2.30. The number of hydrogen-bond donors (Lipinski definition) is 0. The van der Waals surface area contributed by atoms with E-state index in [4.69, 9.17) is 12.2 Å². The summed E-state index contributed by atoms with van der Waals surface area (Å²) in [6.07, 6.45) is 10.9. The molecule has 0 saturated heterocycles. The molecule has 1 aromatic rings. The number of allylic oxidation sites excluding steroid dienone is 1. The molecule has 3 heterocycles. The lowest BCUT2D eigenvalue weighted by atomic mass is 9.88. The van der Waals surface area contributed by atoms with Crippen molar-refractivity contribution in [3.05, 3.63) is 29.2 Å². The molecule has 0 bridgehead atoms. The van der Waals surface area contributed by atoms with Crippen molar-refractivity contribution >= 4 is 40.0 Å². The molecule has 1 amide bonds. The summed E-state index contributed by atoms with van der Waals surface area (Å²) in [6, 6.07) is 0. The molecule has 4 rings (SSSR count). The SMILES string of the molecule is O=C1C2C(=NC(=S)N1CCCn1ccnc1)SC1=C2CCCC1. The smallest absolute Gasteiger partial charge is 0.242 e. The number of carbonyl (C=O) groups excluding carboxylic acids is 1. The predicted octanol–water partition coefficient (Wildman–Crippen LogP) is 2.99. The van der Waals surface area contributed by atoms with Crippen LogP contribution in [0, 0.1) is 5.92 Å². The van der Waals surface area contributed by atoms with Crippen molar-refractivity contribution < 1.29 is 4.79 Å². The van der Waals surface area contributed by atoms with Gasteiger partial charge in [-0.05, 0) is 54.8 Å². The van der Waals surface area contributed by atoms with Gasteiger partial charge < -0.3 is 4.57 Å². The monoisotopic (exact) mass is 346 g/mol. The van der Waals surface area contributed by atoms with Crippen LogP contribution in [-0.4, -0.2) is 37.1 Å². The van der Waals surface area contributed by atoms with Crippen LogP contribution >= 0.6 is 24.0 Å². The maximum absolute atomic E-state index is 13.0. The molecule has 120 valence electrons. The van der Waals surface area contributed by atoms with Crippen LogP contribution < -0.4 is 0 Å². The van der Waals surface area contributed by atoms with E-state index in [-0.39, 0.29) is 11.8 Å². The molecule has 7 heteroatoms. The molecule has 23 heavy (non-hydrogen) atoms. The highest BCUT2D eigenvalue weighted by atomic mass is 32.2. The number of thioether (sulfide) groups is 1. The summed E-state index contributed by atoms with van der Waals surface area (Å²) in [4.78, 5) is 24.6. The quantitative estimate of drug-likeness (QED) is 0.787. The van der Waals surface area contributed by atoms with E-state index in [1.165, 1.54) is 23.3 Å². The Labute approximate surface area is 144 Å². The Morgan fingerprint density at radius 1 is 1.30 bits per heavy atom. The first kappa shape index (κ1) is 15.1. The van der Waals surface area contributed by atoms with Crippen molar-refractivity contribution in [2.75, 3.05) is 6.54 Å². The fourth-order valence-corrected chi connectivity index (χ4v) is 5.12. The summed E-state index contributed by atoms with van der Waals surface area (Å²) >= 11 is 7.07. The van der Waals surface area contributed by atoms with Crippen LogP contribution in [0.1, 0.15) is 32.1 Å². The van der Waals surface area contributed by atoms with Gasteiger partial charge >= 0.3 is 0 Å². The Bertz CT molecular complexity index is 708. The molecule has 0 saturated carbocycles. The summed E-state index contributed by atoms with van der Waals surface area (Å²) in [5.74, 6) is -0.0136. The second-order valence-corrected chi connectivity index (χ2v) is 7.55. The summed E-state index contributed by atoms with van der Waals surface area (Å²) in [5.41, 5.74) is 1.31. The number of rotatable bonds is 4. The third-order valence-corrected chi connectivity index (χ3v) is 6.15. The summed E-state index contributed by atoms with van der Waals surface area (Å²) < 4.78 is 2.01. The largest absolute Gasteiger partial charge is 0.337 e. The van der Waals surface area contributed by atoms with Crippen molar-refractivity contribution in [2.24, 2.45) is 10.9 Å². The van der Waals surface area contributed by atoms with E-state index in [9.17, 15) is 4.79 Å². The minimum Gasteiger partial charge on any atom is -0.337 e. The Kier molecular flexibility index (Phi) is 4.07. The molecule has 3 aliphatic rings. The fraction of sp³-hybridized carbons (Fsp3) is 0.500. The minimum atomic E-state index is -0.143. The van der Waals surface area contributed by atoms with Crippen LogP contribution in [0.2, 0.25) is 0 Å². The summed E-state index contributed by atoms with van der Waals surface area (Å²) in [7, 11) is 0.